The quantitative estimate of drug-likeness (QED) is 0.557. The Kier molecular flexibility index (Phi) is 7.96. The van der Waals surface area contributed by atoms with Crippen molar-refractivity contribution in [2.45, 2.75) is 45.2 Å². The van der Waals surface area contributed by atoms with Gasteiger partial charge in [-0.05, 0) is 32.6 Å². The van der Waals surface area contributed by atoms with Crippen molar-refractivity contribution >= 4 is 11.9 Å². The third kappa shape index (κ3) is 5.85. The number of nitrogens with zero attached hydrogens (tertiary/aromatic N) is 3. The van der Waals surface area contributed by atoms with E-state index >= 15 is 0 Å². The van der Waals surface area contributed by atoms with Gasteiger partial charge in [-0.3, -0.25) is 14.7 Å². The Morgan fingerprint density at radius 2 is 2.04 bits per heavy atom. The van der Waals surface area contributed by atoms with Gasteiger partial charge in [-0.25, -0.2) is 0 Å². The number of morpholine rings is 1. The molecule has 7 heteroatoms. The first-order valence-electron chi connectivity index (χ1n) is 9.54. The number of nitrogens with one attached hydrogen (secondary N) is 2. The molecule has 25 heavy (non-hydrogen) atoms. The summed E-state index contributed by atoms with van der Waals surface area (Å²) >= 11 is 0. The number of carbonyl (C=O) groups excluding carboxylic acids is 1. The molecule has 7 nitrogen and oxygen atoms in total. The van der Waals surface area contributed by atoms with Gasteiger partial charge in [-0.15, -0.1) is 0 Å². The molecule has 144 valence electrons. The van der Waals surface area contributed by atoms with Crippen molar-refractivity contribution in [2.24, 2.45) is 10.9 Å². The van der Waals surface area contributed by atoms with E-state index in [0.29, 0.717) is 24.4 Å². The van der Waals surface area contributed by atoms with Crippen molar-refractivity contribution in [3.8, 4) is 0 Å². The SMILES string of the molecule is CN=C(NCC(C)N1CCOCC1C)N1CCC(CC(=O)NC)CC1. The number of ether oxygens (including phenoxy) is 1. The summed E-state index contributed by atoms with van der Waals surface area (Å²) in [4.78, 5) is 20.8. The fourth-order valence-corrected chi connectivity index (χ4v) is 3.80. The zero-order valence-corrected chi connectivity index (χ0v) is 16.3. The molecule has 2 heterocycles. The van der Waals surface area contributed by atoms with Crippen LogP contribution in [0.2, 0.25) is 0 Å². The molecule has 0 bridgehead atoms. The minimum Gasteiger partial charge on any atom is -0.379 e. The number of rotatable bonds is 5. The fourth-order valence-electron chi connectivity index (χ4n) is 3.80. The summed E-state index contributed by atoms with van der Waals surface area (Å²) in [5.74, 6) is 1.61. The Morgan fingerprint density at radius 3 is 2.64 bits per heavy atom. The molecule has 0 aliphatic carbocycles. The van der Waals surface area contributed by atoms with Gasteiger partial charge in [-0.2, -0.15) is 0 Å². The summed E-state index contributed by atoms with van der Waals surface area (Å²) in [7, 11) is 3.56. The molecular formula is C18H35N5O2. The summed E-state index contributed by atoms with van der Waals surface area (Å²) in [5, 5.41) is 6.26. The van der Waals surface area contributed by atoms with E-state index in [1.807, 2.05) is 7.05 Å². The Bertz CT molecular complexity index is 449. The number of carbonyl (C=O) groups is 1. The van der Waals surface area contributed by atoms with Crippen LogP contribution in [0.5, 0.6) is 0 Å². The van der Waals surface area contributed by atoms with Crippen molar-refractivity contribution in [2.75, 3.05) is 53.5 Å². The van der Waals surface area contributed by atoms with Gasteiger partial charge in [0.05, 0.1) is 13.2 Å². The van der Waals surface area contributed by atoms with E-state index in [1.165, 1.54) is 0 Å². The van der Waals surface area contributed by atoms with Gasteiger partial charge in [0.2, 0.25) is 5.91 Å². The minimum absolute atomic E-state index is 0.148. The molecule has 0 aromatic heterocycles. The molecule has 0 radical (unpaired) electrons. The zero-order valence-electron chi connectivity index (χ0n) is 16.3. The van der Waals surface area contributed by atoms with Gasteiger partial charge in [-0.1, -0.05) is 0 Å². The van der Waals surface area contributed by atoms with Crippen LogP contribution < -0.4 is 10.6 Å². The number of piperidine rings is 1. The molecule has 2 unspecified atom stereocenters. The van der Waals surface area contributed by atoms with Gasteiger partial charge in [0, 0.05) is 58.8 Å². The van der Waals surface area contributed by atoms with Crippen molar-refractivity contribution in [3.05, 3.63) is 0 Å². The predicted octanol–water partition coefficient (Wildman–Crippen LogP) is 0.519. The molecule has 2 saturated heterocycles. The number of hydrogen-bond donors (Lipinski definition) is 2. The summed E-state index contributed by atoms with van der Waals surface area (Å²) in [6, 6.07) is 0.912. The number of likely N-dealkylation sites (tertiary alicyclic amines) is 1. The van der Waals surface area contributed by atoms with E-state index in [2.05, 4.69) is 39.3 Å². The van der Waals surface area contributed by atoms with Gasteiger partial charge < -0.3 is 20.3 Å². The first-order valence-corrected chi connectivity index (χ1v) is 9.54. The van der Waals surface area contributed by atoms with E-state index in [4.69, 9.17) is 4.74 Å². The topological polar surface area (TPSA) is 69.2 Å². The third-order valence-corrected chi connectivity index (χ3v) is 5.42. The van der Waals surface area contributed by atoms with Crippen LogP contribution in [0.1, 0.15) is 33.1 Å². The maximum absolute atomic E-state index is 11.5. The van der Waals surface area contributed by atoms with Crippen LogP contribution in [0.4, 0.5) is 0 Å². The number of amides is 1. The summed E-state index contributed by atoms with van der Waals surface area (Å²) in [5.41, 5.74) is 0. The third-order valence-electron chi connectivity index (χ3n) is 5.42. The second kappa shape index (κ2) is 9.97. The molecule has 2 aliphatic rings. The Hall–Kier alpha value is -1.34. The van der Waals surface area contributed by atoms with Crippen molar-refractivity contribution in [1.82, 2.24) is 20.4 Å². The number of hydrogen-bond acceptors (Lipinski definition) is 4. The fraction of sp³-hybridized carbons (Fsp3) is 0.889. The average Bonchev–Trinajstić information content (AvgIpc) is 2.63. The summed E-state index contributed by atoms with van der Waals surface area (Å²) in [6.45, 7) is 9.93. The van der Waals surface area contributed by atoms with Crippen LogP contribution in [-0.4, -0.2) is 87.2 Å². The van der Waals surface area contributed by atoms with E-state index in [-0.39, 0.29) is 5.91 Å². The van der Waals surface area contributed by atoms with Crippen LogP contribution in [0, 0.1) is 5.92 Å². The number of aliphatic imine (C=N–C) groups is 1. The Labute approximate surface area is 152 Å². The minimum atomic E-state index is 0.148. The van der Waals surface area contributed by atoms with Gasteiger partial charge in [0.15, 0.2) is 5.96 Å². The Balaban J connectivity index is 1.76. The molecule has 0 spiro atoms. The van der Waals surface area contributed by atoms with Crippen molar-refractivity contribution in [1.29, 1.82) is 0 Å². The highest BCUT2D eigenvalue weighted by molar-refractivity contribution is 5.80. The first kappa shape index (κ1) is 20.0. The zero-order chi connectivity index (χ0) is 18.2. The average molecular weight is 354 g/mol. The summed E-state index contributed by atoms with van der Waals surface area (Å²) in [6.07, 6.45) is 2.73. The monoisotopic (exact) mass is 353 g/mol. The molecule has 2 atom stereocenters. The lowest BCUT2D eigenvalue weighted by Crippen LogP contribution is -2.54. The normalized spacial score (nSPS) is 24.9. The van der Waals surface area contributed by atoms with Crippen molar-refractivity contribution < 1.29 is 9.53 Å². The van der Waals surface area contributed by atoms with Crippen LogP contribution in [0.3, 0.4) is 0 Å². The predicted molar refractivity (Wildman–Crippen MR) is 101 cm³/mol. The maximum atomic E-state index is 11.5. The highest BCUT2D eigenvalue weighted by atomic mass is 16.5. The van der Waals surface area contributed by atoms with Crippen LogP contribution >= 0.6 is 0 Å². The number of guanidine groups is 1. The van der Waals surface area contributed by atoms with E-state index in [9.17, 15) is 4.79 Å². The lowest BCUT2D eigenvalue weighted by atomic mass is 9.93. The molecule has 2 fully saturated rings. The van der Waals surface area contributed by atoms with E-state index in [0.717, 1.165) is 58.2 Å². The molecule has 2 N–H and O–H groups in total. The molecular weight excluding hydrogens is 318 g/mol. The van der Waals surface area contributed by atoms with Crippen LogP contribution in [0.15, 0.2) is 4.99 Å². The summed E-state index contributed by atoms with van der Waals surface area (Å²) < 4.78 is 5.53. The van der Waals surface area contributed by atoms with Gasteiger partial charge in [0.25, 0.3) is 0 Å². The standard InChI is InChI=1S/C18H35N5O2/c1-14(23-9-10-25-13-15(23)2)12-21-18(20-4)22-7-5-16(6-8-22)11-17(24)19-3/h14-16H,5-13H2,1-4H3,(H,19,24)(H,20,21). The lowest BCUT2D eigenvalue weighted by molar-refractivity contribution is -0.121. The molecule has 0 aromatic carbocycles. The molecule has 0 aromatic rings. The smallest absolute Gasteiger partial charge is 0.220 e. The van der Waals surface area contributed by atoms with Crippen molar-refractivity contribution in [3.63, 3.8) is 0 Å². The molecule has 2 aliphatic heterocycles. The Morgan fingerprint density at radius 1 is 1.32 bits per heavy atom. The van der Waals surface area contributed by atoms with Gasteiger partial charge >= 0.3 is 0 Å². The maximum Gasteiger partial charge on any atom is 0.220 e. The van der Waals surface area contributed by atoms with E-state index in [1.54, 1.807) is 7.05 Å². The largest absolute Gasteiger partial charge is 0.379 e. The van der Waals surface area contributed by atoms with E-state index < -0.39 is 0 Å². The molecule has 0 saturated carbocycles. The van der Waals surface area contributed by atoms with Crippen LogP contribution in [-0.2, 0) is 9.53 Å². The second-order valence-electron chi connectivity index (χ2n) is 7.25. The van der Waals surface area contributed by atoms with Crippen LogP contribution in [0.25, 0.3) is 0 Å². The highest BCUT2D eigenvalue weighted by Crippen LogP contribution is 2.20. The second-order valence-corrected chi connectivity index (χ2v) is 7.25. The molecule has 2 rings (SSSR count). The first-order chi connectivity index (χ1) is 12.0. The lowest BCUT2D eigenvalue weighted by Gasteiger charge is -2.39. The van der Waals surface area contributed by atoms with Gasteiger partial charge in [0.1, 0.15) is 0 Å². The highest BCUT2D eigenvalue weighted by Gasteiger charge is 2.26. The molecule has 1 amide bonds.